The number of nitrogens with zero attached hydrogens (tertiary/aromatic N) is 1. The molecule has 4 nitrogen and oxygen atoms in total. The fourth-order valence-corrected chi connectivity index (χ4v) is 3.14. The molecule has 1 saturated carbocycles. The summed E-state index contributed by atoms with van der Waals surface area (Å²) in [5.41, 5.74) is -1.40. The van der Waals surface area contributed by atoms with Gasteiger partial charge < -0.3 is 14.7 Å². The monoisotopic (exact) mass is 277 g/mol. The Balaban J connectivity index is 1.90. The van der Waals surface area contributed by atoms with Crippen LogP contribution in [0.3, 0.4) is 0 Å². The summed E-state index contributed by atoms with van der Waals surface area (Å²) in [6.07, 6.45) is 2.06. The average molecular weight is 277 g/mol. The van der Waals surface area contributed by atoms with E-state index in [0.717, 1.165) is 12.8 Å². The maximum atomic E-state index is 12.3. The topological polar surface area (TPSA) is 49.8 Å². The summed E-state index contributed by atoms with van der Waals surface area (Å²) in [6.45, 7) is 1.54. The lowest BCUT2D eigenvalue weighted by Crippen LogP contribution is -2.62. The van der Waals surface area contributed by atoms with Crippen molar-refractivity contribution in [1.29, 1.82) is 0 Å². The summed E-state index contributed by atoms with van der Waals surface area (Å²) in [4.78, 5) is 13.7. The summed E-state index contributed by atoms with van der Waals surface area (Å²) < 4.78 is 28.3. The number of hydrogen-bond donors (Lipinski definition) is 1. The molecule has 1 N–H and O–H groups in total. The van der Waals surface area contributed by atoms with Crippen LogP contribution in [0, 0.1) is 5.41 Å². The van der Waals surface area contributed by atoms with Gasteiger partial charge in [-0.2, -0.15) is 8.78 Å². The van der Waals surface area contributed by atoms with E-state index in [1.54, 1.807) is 0 Å². The van der Waals surface area contributed by atoms with E-state index in [9.17, 15) is 18.7 Å². The van der Waals surface area contributed by atoms with Gasteiger partial charge in [0.2, 0.25) is 0 Å². The number of carbonyl (C=O) groups excluding carboxylic acids is 1. The van der Waals surface area contributed by atoms with Crippen LogP contribution in [0.15, 0.2) is 0 Å². The largest absolute Gasteiger partial charge is 0.380 e. The van der Waals surface area contributed by atoms with Crippen molar-refractivity contribution in [2.45, 2.75) is 57.8 Å². The van der Waals surface area contributed by atoms with Crippen LogP contribution in [-0.2, 0) is 9.53 Å². The number of carbonyl (C=O) groups is 1. The average Bonchev–Trinajstić information content (AvgIpc) is 2.19. The summed E-state index contributed by atoms with van der Waals surface area (Å²) in [5, 5.41) is 10.5. The highest BCUT2D eigenvalue weighted by atomic mass is 19.3. The Hall–Kier alpha value is -0.750. The van der Waals surface area contributed by atoms with E-state index in [1.807, 2.05) is 13.8 Å². The second kappa shape index (κ2) is 4.98. The van der Waals surface area contributed by atoms with Crippen LogP contribution < -0.4 is 0 Å². The highest BCUT2D eigenvalue weighted by molar-refractivity contribution is 5.86. The molecule has 0 aromatic carbocycles. The smallest absolute Gasteiger partial charge is 0.345 e. The lowest BCUT2D eigenvalue weighted by molar-refractivity contribution is -0.207. The SMILES string of the molecule is CC1(C)CCCC(O)(C(=O)N2CC(OC(F)F)C2)C1. The molecular weight excluding hydrogens is 256 g/mol. The number of hydrogen-bond acceptors (Lipinski definition) is 3. The first-order valence-electron chi connectivity index (χ1n) is 6.67. The van der Waals surface area contributed by atoms with E-state index >= 15 is 0 Å². The van der Waals surface area contributed by atoms with E-state index in [-0.39, 0.29) is 24.4 Å². The zero-order valence-corrected chi connectivity index (χ0v) is 11.4. The lowest BCUT2D eigenvalue weighted by Gasteiger charge is -2.46. The first kappa shape index (κ1) is 14.7. The maximum Gasteiger partial charge on any atom is 0.345 e. The molecule has 2 aliphatic rings. The fraction of sp³-hybridized carbons (Fsp3) is 0.923. The van der Waals surface area contributed by atoms with Gasteiger partial charge in [0.1, 0.15) is 5.60 Å². The van der Waals surface area contributed by atoms with Gasteiger partial charge in [0.25, 0.3) is 5.91 Å². The molecule has 1 amide bonds. The summed E-state index contributed by atoms with van der Waals surface area (Å²) >= 11 is 0. The normalized spacial score (nSPS) is 31.4. The lowest BCUT2D eigenvalue weighted by atomic mass is 9.69. The van der Waals surface area contributed by atoms with Gasteiger partial charge >= 0.3 is 6.61 Å². The molecule has 0 aromatic heterocycles. The zero-order valence-electron chi connectivity index (χ0n) is 11.4. The number of ether oxygens (including phenoxy) is 1. The Kier molecular flexibility index (Phi) is 3.84. The van der Waals surface area contributed by atoms with Crippen LogP contribution in [0.25, 0.3) is 0 Å². The minimum Gasteiger partial charge on any atom is -0.380 e. The second-order valence-electron chi connectivity index (χ2n) is 6.46. The van der Waals surface area contributed by atoms with E-state index < -0.39 is 18.3 Å². The van der Waals surface area contributed by atoms with Crippen molar-refractivity contribution in [3.05, 3.63) is 0 Å². The fourth-order valence-electron chi connectivity index (χ4n) is 3.14. The summed E-state index contributed by atoms with van der Waals surface area (Å²) in [7, 11) is 0. The van der Waals surface area contributed by atoms with Crippen molar-refractivity contribution < 1.29 is 23.4 Å². The van der Waals surface area contributed by atoms with Crippen LogP contribution in [0.4, 0.5) is 8.78 Å². The Labute approximate surface area is 111 Å². The molecule has 0 bridgehead atoms. The minimum atomic E-state index is -2.81. The molecule has 1 atom stereocenters. The van der Waals surface area contributed by atoms with Gasteiger partial charge in [-0.15, -0.1) is 0 Å². The van der Waals surface area contributed by atoms with Crippen LogP contribution in [0.2, 0.25) is 0 Å². The number of likely N-dealkylation sites (tertiary alicyclic amines) is 1. The van der Waals surface area contributed by atoms with Crippen LogP contribution in [-0.4, -0.2) is 47.3 Å². The van der Waals surface area contributed by atoms with E-state index in [0.29, 0.717) is 12.8 Å². The molecule has 1 heterocycles. The minimum absolute atomic E-state index is 0.0631. The van der Waals surface area contributed by atoms with Crippen LogP contribution >= 0.6 is 0 Å². The predicted molar refractivity (Wildman–Crippen MR) is 64.7 cm³/mol. The highest BCUT2D eigenvalue weighted by Crippen LogP contribution is 2.42. The Morgan fingerprint density at radius 1 is 1.37 bits per heavy atom. The third kappa shape index (κ3) is 3.23. The zero-order chi connectivity index (χ0) is 14.3. The van der Waals surface area contributed by atoms with E-state index in [2.05, 4.69) is 4.74 Å². The van der Waals surface area contributed by atoms with Gasteiger partial charge in [-0.1, -0.05) is 13.8 Å². The van der Waals surface area contributed by atoms with Crippen LogP contribution in [0.1, 0.15) is 39.5 Å². The molecular formula is C13H21F2NO3. The summed E-state index contributed by atoms with van der Waals surface area (Å²) in [5.74, 6) is -0.339. The van der Waals surface area contributed by atoms with Crippen molar-refractivity contribution in [2.24, 2.45) is 5.41 Å². The molecule has 6 heteroatoms. The number of amides is 1. The Morgan fingerprint density at radius 2 is 2.00 bits per heavy atom. The molecule has 2 rings (SSSR count). The standard InChI is InChI=1S/C13H21F2NO3/c1-12(2)4-3-5-13(18,8-12)10(17)16-6-9(7-16)19-11(14)15/h9,11,18H,3-8H2,1-2H3. The first-order valence-corrected chi connectivity index (χ1v) is 6.67. The Bertz CT molecular complexity index is 356. The third-order valence-electron chi connectivity index (χ3n) is 4.04. The van der Waals surface area contributed by atoms with Gasteiger partial charge in [0, 0.05) is 13.1 Å². The van der Waals surface area contributed by atoms with Crippen LogP contribution in [0.5, 0.6) is 0 Å². The Morgan fingerprint density at radius 3 is 2.53 bits per heavy atom. The van der Waals surface area contributed by atoms with Crippen molar-refractivity contribution in [3.63, 3.8) is 0 Å². The molecule has 0 spiro atoms. The van der Waals surface area contributed by atoms with Crippen molar-refractivity contribution in [2.75, 3.05) is 13.1 Å². The van der Waals surface area contributed by atoms with Crippen molar-refractivity contribution in [3.8, 4) is 0 Å². The molecule has 1 aliphatic heterocycles. The van der Waals surface area contributed by atoms with E-state index in [1.165, 1.54) is 4.90 Å². The van der Waals surface area contributed by atoms with Gasteiger partial charge in [-0.3, -0.25) is 4.79 Å². The summed E-state index contributed by atoms with van der Waals surface area (Å²) in [6, 6.07) is 0. The van der Waals surface area contributed by atoms with Crippen molar-refractivity contribution in [1.82, 2.24) is 4.90 Å². The predicted octanol–water partition coefficient (Wildman–Crippen LogP) is 1.77. The second-order valence-corrected chi connectivity index (χ2v) is 6.46. The number of rotatable bonds is 3. The third-order valence-corrected chi connectivity index (χ3v) is 4.04. The molecule has 1 unspecified atom stereocenters. The van der Waals surface area contributed by atoms with Gasteiger partial charge in [0.05, 0.1) is 6.10 Å². The maximum absolute atomic E-state index is 12.3. The van der Waals surface area contributed by atoms with Gasteiger partial charge in [-0.05, 0) is 31.1 Å². The molecule has 19 heavy (non-hydrogen) atoms. The molecule has 110 valence electrons. The van der Waals surface area contributed by atoms with Crippen molar-refractivity contribution >= 4 is 5.91 Å². The van der Waals surface area contributed by atoms with Gasteiger partial charge in [0.15, 0.2) is 0 Å². The molecule has 2 fully saturated rings. The molecule has 1 saturated heterocycles. The number of aliphatic hydroxyl groups is 1. The first-order chi connectivity index (χ1) is 8.72. The van der Waals surface area contributed by atoms with Gasteiger partial charge in [-0.25, -0.2) is 0 Å². The molecule has 0 radical (unpaired) electrons. The van der Waals surface area contributed by atoms with E-state index in [4.69, 9.17) is 0 Å². The highest BCUT2D eigenvalue weighted by Gasteiger charge is 2.48. The number of alkyl halides is 2. The molecule has 0 aromatic rings. The molecule has 1 aliphatic carbocycles. The number of halogens is 2. The quantitative estimate of drug-likeness (QED) is 0.855.